The molecule has 0 radical (unpaired) electrons. The predicted molar refractivity (Wildman–Crippen MR) is 84.6 cm³/mol. The van der Waals surface area contributed by atoms with Crippen molar-refractivity contribution in [2.24, 2.45) is 0 Å². The highest BCUT2D eigenvalue weighted by Gasteiger charge is 2.14. The van der Waals surface area contributed by atoms with Gasteiger partial charge in [0.25, 0.3) is 5.91 Å². The van der Waals surface area contributed by atoms with Gasteiger partial charge < -0.3 is 5.32 Å². The second-order valence-electron chi connectivity index (χ2n) is 4.52. The summed E-state index contributed by atoms with van der Waals surface area (Å²) in [5.41, 5.74) is 2.61. The SMILES string of the molecule is C#CCNC(=O)c1cc(-c2cnccc2Cl)c2cccn2n1. The lowest BCUT2D eigenvalue weighted by molar-refractivity contribution is 0.0952. The minimum atomic E-state index is -0.338. The Morgan fingerprint density at radius 1 is 1.41 bits per heavy atom. The van der Waals surface area contributed by atoms with Crippen LogP contribution >= 0.6 is 11.6 Å². The zero-order valence-electron chi connectivity index (χ0n) is 11.5. The average Bonchev–Trinajstić information content (AvgIpc) is 3.00. The molecule has 0 spiro atoms. The fourth-order valence-corrected chi connectivity index (χ4v) is 2.36. The van der Waals surface area contributed by atoms with Crippen LogP contribution in [0, 0.1) is 12.3 Å². The zero-order chi connectivity index (χ0) is 15.5. The molecular formula is C16H11ClN4O. The maximum Gasteiger partial charge on any atom is 0.272 e. The molecule has 0 saturated heterocycles. The van der Waals surface area contributed by atoms with Gasteiger partial charge in [0.15, 0.2) is 0 Å². The van der Waals surface area contributed by atoms with Gasteiger partial charge >= 0.3 is 0 Å². The van der Waals surface area contributed by atoms with Crippen LogP contribution in [-0.4, -0.2) is 27.0 Å². The van der Waals surface area contributed by atoms with Crippen molar-refractivity contribution in [2.45, 2.75) is 0 Å². The number of rotatable bonds is 3. The molecule has 0 aliphatic rings. The molecule has 0 atom stereocenters. The van der Waals surface area contributed by atoms with Crippen LogP contribution in [0.25, 0.3) is 16.6 Å². The molecule has 0 aromatic carbocycles. The van der Waals surface area contributed by atoms with E-state index < -0.39 is 0 Å². The van der Waals surface area contributed by atoms with E-state index in [1.807, 2.05) is 12.1 Å². The zero-order valence-corrected chi connectivity index (χ0v) is 12.2. The van der Waals surface area contributed by atoms with Crippen molar-refractivity contribution in [1.29, 1.82) is 0 Å². The van der Waals surface area contributed by atoms with Crippen molar-refractivity contribution in [1.82, 2.24) is 19.9 Å². The number of carbonyl (C=O) groups excluding carboxylic acids is 1. The molecule has 22 heavy (non-hydrogen) atoms. The molecule has 0 fully saturated rings. The third-order valence-electron chi connectivity index (χ3n) is 3.14. The summed E-state index contributed by atoms with van der Waals surface area (Å²) in [6.45, 7) is 0.146. The number of aromatic nitrogens is 3. The summed E-state index contributed by atoms with van der Waals surface area (Å²) in [4.78, 5) is 16.2. The Balaban J connectivity index is 2.17. The maximum atomic E-state index is 12.1. The average molecular weight is 311 g/mol. The van der Waals surface area contributed by atoms with Crippen LogP contribution in [0.2, 0.25) is 5.02 Å². The number of amides is 1. The molecular weight excluding hydrogens is 300 g/mol. The van der Waals surface area contributed by atoms with Gasteiger partial charge in [-0.25, -0.2) is 4.52 Å². The van der Waals surface area contributed by atoms with Crippen molar-refractivity contribution in [3.8, 4) is 23.5 Å². The minimum absolute atomic E-state index is 0.146. The Bertz CT molecular complexity index is 895. The van der Waals surface area contributed by atoms with Crippen molar-refractivity contribution in [2.75, 3.05) is 6.54 Å². The van der Waals surface area contributed by atoms with Crippen LogP contribution in [0.1, 0.15) is 10.5 Å². The molecule has 0 aliphatic carbocycles. The van der Waals surface area contributed by atoms with Crippen LogP contribution in [-0.2, 0) is 0 Å². The van der Waals surface area contributed by atoms with E-state index in [0.717, 1.165) is 16.6 Å². The highest BCUT2D eigenvalue weighted by molar-refractivity contribution is 6.33. The van der Waals surface area contributed by atoms with Gasteiger partial charge in [0, 0.05) is 29.7 Å². The van der Waals surface area contributed by atoms with Gasteiger partial charge in [-0.2, -0.15) is 5.10 Å². The molecule has 0 bridgehead atoms. The lowest BCUT2D eigenvalue weighted by atomic mass is 10.1. The van der Waals surface area contributed by atoms with Crippen molar-refractivity contribution in [3.05, 3.63) is 53.6 Å². The summed E-state index contributed by atoms with van der Waals surface area (Å²) in [5, 5.41) is 7.43. The van der Waals surface area contributed by atoms with Gasteiger partial charge in [-0.15, -0.1) is 6.42 Å². The van der Waals surface area contributed by atoms with Gasteiger partial charge in [-0.3, -0.25) is 9.78 Å². The Labute approximate surface area is 131 Å². The van der Waals surface area contributed by atoms with Crippen LogP contribution in [0.5, 0.6) is 0 Å². The normalized spacial score (nSPS) is 10.4. The van der Waals surface area contributed by atoms with E-state index in [0.29, 0.717) is 5.02 Å². The second-order valence-corrected chi connectivity index (χ2v) is 4.93. The van der Waals surface area contributed by atoms with E-state index in [1.54, 1.807) is 35.2 Å². The molecule has 1 N–H and O–H groups in total. The lowest BCUT2D eigenvalue weighted by Crippen LogP contribution is -2.25. The first-order chi connectivity index (χ1) is 10.7. The Morgan fingerprint density at radius 3 is 3.05 bits per heavy atom. The predicted octanol–water partition coefficient (Wildman–Crippen LogP) is 2.41. The molecule has 3 aromatic heterocycles. The molecule has 0 aliphatic heterocycles. The number of carbonyl (C=O) groups is 1. The smallest absolute Gasteiger partial charge is 0.272 e. The molecule has 0 saturated carbocycles. The fraction of sp³-hybridized carbons (Fsp3) is 0.0625. The third-order valence-corrected chi connectivity index (χ3v) is 3.47. The molecule has 108 valence electrons. The maximum absolute atomic E-state index is 12.1. The summed E-state index contributed by atoms with van der Waals surface area (Å²) in [5.74, 6) is 2.02. The standard InChI is InChI=1S/C16H11ClN4O/c1-2-6-19-16(22)14-9-11(12-10-18-7-5-13(12)17)15-4-3-8-21(15)20-14/h1,3-5,7-10H,6H2,(H,19,22). The first-order valence-electron chi connectivity index (χ1n) is 6.50. The number of hydrogen-bond acceptors (Lipinski definition) is 3. The van der Waals surface area contributed by atoms with Gasteiger partial charge in [-0.1, -0.05) is 17.5 Å². The molecule has 3 aromatic rings. The van der Waals surface area contributed by atoms with E-state index in [9.17, 15) is 4.79 Å². The third kappa shape index (κ3) is 2.52. The summed E-state index contributed by atoms with van der Waals surface area (Å²) >= 11 is 6.24. The van der Waals surface area contributed by atoms with E-state index in [4.69, 9.17) is 18.0 Å². The highest BCUT2D eigenvalue weighted by Crippen LogP contribution is 2.30. The Kier molecular flexibility index (Phi) is 3.77. The number of fused-ring (bicyclic) bond motifs is 1. The molecule has 3 heterocycles. The number of nitrogens with one attached hydrogen (secondary N) is 1. The molecule has 5 nitrogen and oxygen atoms in total. The number of terminal acetylenes is 1. The number of pyridine rings is 1. The molecule has 3 rings (SSSR count). The van der Waals surface area contributed by atoms with Crippen LogP contribution in [0.3, 0.4) is 0 Å². The first-order valence-corrected chi connectivity index (χ1v) is 6.88. The molecule has 6 heteroatoms. The number of halogens is 1. The monoisotopic (exact) mass is 310 g/mol. The van der Waals surface area contributed by atoms with E-state index in [-0.39, 0.29) is 18.1 Å². The van der Waals surface area contributed by atoms with Crippen molar-refractivity contribution < 1.29 is 4.79 Å². The Hall–Kier alpha value is -2.84. The van der Waals surface area contributed by atoms with E-state index in [1.165, 1.54) is 0 Å². The quantitative estimate of drug-likeness (QED) is 0.756. The van der Waals surface area contributed by atoms with Crippen molar-refractivity contribution >= 4 is 23.0 Å². The minimum Gasteiger partial charge on any atom is -0.340 e. The summed E-state index contributed by atoms with van der Waals surface area (Å²) < 4.78 is 1.63. The summed E-state index contributed by atoms with van der Waals surface area (Å²) in [7, 11) is 0. The summed E-state index contributed by atoms with van der Waals surface area (Å²) in [6.07, 6.45) is 10.2. The molecule has 0 unspecified atom stereocenters. The summed E-state index contributed by atoms with van der Waals surface area (Å²) in [6, 6.07) is 7.13. The number of hydrogen-bond donors (Lipinski definition) is 1. The largest absolute Gasteiger partial charge is 0.340 e. The van der Waals surface area contributed by atoms with Gasteiger partial charge in [0.2, 0.25) is 0 Å². The lowest BCUT2D eigenvalue weighted by Gasteiger charge is -2.09. The van der Waals surface area contributed by atoms with Crippen LogP contribution < -0.4 is 5.32 Å². The van der Waals surface area contributed by atoms with E-state index in [2.05, 4.69) is 21.3 Å². The Morgan fingerprint density at radius 2 is 2.27 bits per heavy atom. The molecule has 1 amide bonds. The van der Waals surface area contributed by atoms with Crippen LogP contribution in [0.4, 0.5) is 0 Å². The number of nitrogens with zero attached hydrogens (tertiary/aromatic N) is 3. The highest BCUT2D eigenvalue weighted by atomic mass is 35.5. The van der Waals surface area contributed by atoms with Gasteiger partial charge in [-0.05, 0) is 24.3 Å². The first kappa shape index (κ1) is 14.1. The van der Waals surface area contributed by atoms with Crippen molar-refractivity contribution in [3.63, 3.8) is 0 Å². The van der Waals surface area contributed by atoms with Crippen LogP contribution in [0.15, 0.2) is 42.9 Å². The second kappa shape index (κ2) is 5.88. The topological polar surface area (TPSA) is 59.3 Å². The van der Waals surface area contributed by atoms with E-state index >= 15 is 0 Å². The fourth-order valence-electron chi connectivity index (χ4n) is 2.15. The van der Waals surface area contributed by atoms with Gasteiger partial charge in [0.05, 0.1) is 17.1 Å². The van der Waals surface area contributed by atoms with Gasteiger partial charge in [0.1, 0.15) is 5.69 Å².